The van der Waals surface area contributed by atoms with E-state index in [-0.39, 0.29) is 6.79 Å². The van der Waals surface area contributed by atoms with Crippen molar-refractivity contribution in [2.24, 2.45) is 0 Å². The molecule has 3 aliphatic heterocycles. The van der Waals surface area contributed by atoms with Gasteiger partial charge in [0.1, 0.15) is 5.56 Å². The molecular formula is C21H21NO6. The first-order valence-electron chi connectivity index (χ1n) is 9.19. The molecule has 0 aliphatic carbocycles. The fourth-order valence-electron chi connectivity index (χ4n) is 4.41. The van der Waals surface area contributed by atoms with E-state index in [0.29, 0.717) is 23.5 Å². The Balaban J connectivity index is 1.67. The van der Waals surface area contributed by atoms with Crippen molar-refractivity contribution in [2.45, 2.75) is 18.6 Å². The quantitative estimate of drug-likeness (QED) is 0.738. The Labute approximate surface area is 162 Å². The molecule has 1 spiro atoms. The smallest absolute Gasteiger partial charge is 0.344 e. The van der Waals surface area contributed by atoms with Crippen LogP contribution in [0, 0.1) is 0 Å². The number of hydrogen-bond donors (Lipinski definition) is 0. The van der Waals surface area contributed by atoms with Crippen LogP contribution in [0.15, 0.2) is 24.3 Å². The highest BCUT2D eigenvalue weighted by atomic mass is 16.7. The van der Waals surface area contributed by atoms with Crippen LogP contribution in [0.1, 0.15) is 27.0 Å². The minimum absolute atomic E-state index is 0.234. The summed E-state index contributed by atoms with van der Waals surface area (Å²) in [6, 6.07) is 7.76. The third kappa shape index (κ3) is 2.22. The van der Waals surface area contributed by atoms with Crippen LogP contribution in [0.2, 0.25) is 0 Å². The van der Waals surface area contributed by atoms with Crippen molar-refractivity contribution in [2.75, 3.05) is 34.6 Å². The Morgan fingerprint density at radius 2 is 1.82 bits per heavy atom. The monoisotopic (exact) mass is 383 g/mol. The van der Waals surface area contributed by atoms with Crippen molar-refractivity contribution < 1.29 is 28.5 Å². The van der Waals surface area contributed by atoms with Gasteiger partial charge in [-0.1, -0.05) is 0 Å². The van der Waals surface area contributed by atoms with E-state index < -0.39 is 11.7 Å². The topological polar surface area (TPSA) is 66.5 Å². The number of nitrogens with zero attached hydrogens (tertiary/aromatic N) is 1. The van der Waals surface area contributed by atoms with Gasteiger partial charge < -0.3 is 23.7 Å². The number of rotatable bonds is 2. The maximum Gasteiger partial charge on any atom is 0.344 e. The van der Waals surface area contributed by atoms with E-state index in [1.165, 1.54) is 12.7 Å². The first-order chi connectivity index (χ1) is 13.6. The number of likely N-dealkylation sites (N-methyl/N-ethyl adjacent to an activating group) is 1. The van der Waals surface area contributed by atoms with Gasteiger partial charge in [0, 0.05) is 18.5 Å². The van der Waals surface area contributed by atoms with Crippen molar-refractivity contribution in [1.82, 2.24) is 4.90 Å². The minimum Gasteiger partial charge on any atom is -0.493 e. The molecule has 2 aromatic rings. The molecule has 0 aromatic heterocycles. The van der Waals surface area contributed by atoms with Crippen molar-refractivity contribution in [3.05, 3.63) is 46.5 Å². The number of benzene rings is 2. The number of carbonyl (C=O) groups is 1. The highest BCUT2D eigenvalue weighted by Gasteiger charge is 2.52. The zero-order valence-corrected chi connectivity index (χ0v) is 16.0. The van der Waals surface area contributed by atoms with Gasteiger partial charge in [-0.05, 0) is 48.9 Å². The van der Waals surface area contributed by atoms with Crippen LogP contribution in [0.4, 0.5) is 0 Å². The van der Waals surface area contributed by atoms with Gasteiger partial charge in [0.15, 0.2) is 28.7 Å². The van der Waals surface area contributed by atoms with E-state index in [4.69, 9.17) is 23.7 Å². The molecule has 7 nitrogen and oxygen atoms in total. The van der Waals surface area contributed by atoms with Crippen molar-refractivity contribution in [3.8, 4) is 23.0 Å². The van der Waals surface area contributed by atoms with E-state index >= 15 is 0 Å². The largest absolute Gasteiger partial charge is 0.493 e. The van der Waals surface area contributed by atoms with Crippen LogP contribution >= 0.6 is 0 Å². The second-order valence-electron chi connectivity index (χ2n) is 7.22. The highest BCUT2D eigenvalue weighted by Crippen LogP contribution is 2.49. The maximum absolute atomic E-state index is 12.9. The van der Waals surface area contributed by atoms with E-state index in [1.54, 1.807) is 7.11 Å². The Morgan fingerprint density at radius 3 is 2.54 bits per heavy atom. The molecule has 0 amide bonds. The van der Waals surface area contributed by atoms with E-state index in [0.717, 1.165) is 35.6 Å². The lowest BCUT2D eigenvalue weighted by atomic mass is 9.91. The first-order valence-corrected chi connectivity index (χ1v) is 9.19. The van der Waals surface area contributed by atoms with Crippen molar-refractivity contribution in [3.63, 3.8) is 0 Å². The van der Waals surface area contributed by atoms with Crippen LogP contribution in [-0.4, -0.2) is 45.5 Å². The zero-order chi connectivity index (χ0) is 19.5. The molecule has 5 rings (SSSR count). The predicted molar refractivity (Wildman–Crippen MR) is 99.2 cm³/mol. The predicted octanol–water partition coefficient (Wildman–Crippen LogP) is 2.49. The van der Waals surface area contributed by atoms with Gasteiger partial charge in [-0.3, -0.25) is 4.90 Å². The molecule has 7 heteroatoms. The molecule has 0 saturated heterocycles. The van der Waals surface area contributed by atoms with Crippen molar-refractivity contribution in [1.29, 1.82) is 0 Å². The van der Waals surface area contributed by atoms with Crippen molar-refractivity contribution >= 4 is 5.97 Å². The molecule has 0 fully saturated rings. The number of methoxy groups -OCH3 is 2. The standard InChI is InChI=1S/C21H21NO6/c1-22-7-6-12-8-16-17(27-11-26-16)9-13(12)10-21(22)14-4-5-15(24-2)19(25-3)18(14)20(23)28-21/h4-5,8-9H,6-7,10-11H2,1-3H3. The summed E-state index contributed by atoms with van der Waals surface area (Å²) in [7, 11) is 5.06. The summed E-state index contributed by atoms with van der Waals surface area (Å²) in [4.78, 5) is 15.0. The number of fused-ring (bicyclic) bond motifs is 4. The second kappa shape index (κ2) is 6.04. The second-order valence-corrected chi connectivity index (χ2v) is 7.22. The van der Waals surface area contributed by atoms with E-state index in [1.807, 2.05) is 31.3 Å². The lowest BCUT2D eigenvalue weighted by Crippen LogP contribution is -2.45. The molecule has 28 heavy (non-hydrogen) atoms. The Morgan fingerprint density at radius 1 is 1.07 bits per heavy atom. The summed E-state index contributed by atoms with van der Waals surface area (Å²) in [5, 5.41) is 0. The highest BCUT2D eigenvalue weighted by molar-refractivity contribution is 5.98. The SMILES string of the molecule is COc1ccc2c(c1OC)C(=O)OC21Cc2cc3c(cc2CCN1C)OCO3. The zero-order valence-electron chi connectivity index (χ0n) is 16.0. The van der Waals surface area contributed by atoms with Crippen LogP contribution in [-0.2, 0) is 23.3 Å². The summed E-state index contributed by atoms with van der Waals surface area (Å²) in [5.41, 5.74) is 2.59. The molecule has 3 aliphatic rings. The molecule has 1 unspecified atom stereocenters. The lowest BCUT2D eigenvalue weighted by molar-refractivity contribution is -0.101. The summed E-state index contributed by atoms with van der Waals surface area (Å²) < 4.78 is 28.0. The van der Waals surface area contributed by atoms with Gasteiger partial charge in [0.2, 0.25) is 6.79 Å². The Hall–Kier alpha value is -2.93. The number of ether oxygens (including phenoxy) is 5. The van der Waals surface area contributed by atoms with Crippen LogP contribution in [0.25, 0.3) is 0 Å². The van der Waals surface area contributed by atoms with Gasteiger partial charge >= 0.3 is 5.97 Å². The molecular weight excluding hydrogens is 362 g/mol. The normalized spacial score (nSPS) is 22.5. The first kappa shape index (κ1) is 17.2. The van der Waals surface area contributed by atoms with Gasteiger partial charge in [-0.15, -0.1) is 0 Å². The molecule has 0 saturated carbocycles. The van der Waals surface area contributed by atoms with Gasteiger partial charge in [-0.2, -0.15) is 0 Å². The van der Waals surface area contributed by atoms with Gasteiger partial charge in [0.25, 0.3) is 0 Å². The van der Waals surface area contributed by atoms with Gasteiger partial charge in [0.05, 0.1) is 14.2 Å². The average molecular weight is 383 g/mol. The van der Waals surface area contributed by atoms with Crippen LogP contribution < -0.4 is 18.9 Å². The molecule has 3 heterocycles. The lowest BCUT2D eigenvalue weighted by Gasteiger charge is -2.36. The number of carbonyl (C=O) groups excluding carboxylic acids is 1. The summed E-state index contributed by atoms with van der Waals surface area (Å²) in [6.07, 6.45) is 1.34. The third-order valence-corrected chi connectivity index (χ3v) is 5.89. The fourth-order valence-corrected chi connectivity index (χ4v) is 4.41. The molecule has 1 atom stereocenters. The summed E-state index contributed by atoms with van der Waals surface area (Å²) >= 11 is 0. The molecule has 2 aromatic carbocycles. The molecule has 146 valence electrons. The average Bonchev–Trinajstić information content (AvgIpc) is 3.23. The van der Waals surface area contributed by atoms with Gasteiger partial charge in [-0.25, -0.2) is 4.79 Å². The summed E-state index contributed by atoms with van der Waals surface area (Å²) in [5.74, 6) is 2.02. The van der Waals surface area contributed by atoms with E-state index in [2.05, 4.69) is 4.90 Å². The molecule has 0 N–H and O–H groups in total. The maximum atomic E-state index is 12.9. The number of hydrogen-bond acceptors (Lipinski definition) is 7. The van der Waals surface area contributed by atoms with Crippen LogP contribution in [0.3, 0.4) is 0 Å². The minimum atomic E-state index is -0.898. The van der Waals surface area contributed by atoms with E-state index in [9.17, 15) is 4.79 Å². The third-order valence-electron chi connectivity index (χ3n) is 5.89. The van der Waals surface area contributed by atoms with Crippen LogP contribution in [0.5, 0.6) is 23.0 Å². The Kier molecular flexibility index (Phi) is 3.71. The Bertz CT molecular complexity index is 987. The molecule has 0 radical (unpaired) electrons. The molecule has 0 bridgehead atoms. The number of esters is 1. The summed E-state index contributed by atoms with van der Waals surface area (Å²) in [6.45, 7) is 0.964. The fraction of sp³-hybridized carbons (Fsp3) is 0.381.